The number of carbonyl (C=O) groups excluding carboxylic acids is 1. The monoisotopic (exact) mass is 338 g/mol. The number of hydrogen-bond donors (Lipinski definition) is 2. The van der Waals surface area contributed by atoms with E-state index < -0.39 is 5.82 Å². The van der Waals surface area contributed by atoms with Gasteiger partial charge in [-0.2, -0.15) is 0 Å². The predicted molar refractivity (Wildman–Crippen MR) is 76.5 cm³/mol. The molecule has 20 heavy (non-hydrogen) atoms. The molecule has 0 aliphatic carbocycles. The lowest BCUT2D eigenvalue weighted by atomic mass is 10.1. The summed E-state index contributed by atoms with van der Waals surface area (Å²) >= 11 is 3.34. The third-order valence-electron chi connectivity index (χ3n) is 2.67. The highest BCUT2D eigenvalue weighted by atomic mass is 79.9. The molecule has 3 N–H and O–H groups in total. The van der Waals surface area contributed by atoms with E-state index in [1.54, 1.807) is 36.4 Å². The van der Waals surface area contributed by atoms with E-state index in [0.717, 1.165) is 5.56 Å². The smallest absolute Gasteiger partial charge is 0.265 e. The number of halogens is 2. The van der Waals surface area contributed by atoms with Crippen molar-refractivity contribution in [1.82, 2.24) is 5.43 Å². The Morgan fingerprint density at radius 1 is 1.30 bits per heavy atom. The van der Waals surface area contributed by atoms with Crippen LogP contribution in [0, 0.1) is 5.82 Å². The Hall–Kier alpha value is -1.92. The molecule has 6 heteroatoms. The lowest BCUT2D eigenvalue weighted by Crippen LogP contribution is -2.29. The Bertz CT molecular complexity index is 634. The molecule has 104 valence electrons. The maximum Gasteiger partial charge on any atom is 0.265 e. The fourth-order valence-corrected chi connectivity index (χ4v) is 2.10. The van der Waals surface area contributed by atoms with Crippen LogP contribution in [0.25, 0.3) is 0 Å². The van der Waals surface area contributed by atoms with Crippen molar-refractivity contribution in [3.05, 3.63) is 63.9 Å². The van der Waals surface area contributed by atoms with E-state index in [-0.39, 0.29) is 18.3 Å². The third-order valence-corrected chi connectivity index (χ3v) is 3.40. The van der Waals surface area contributed by atoms with E-state index in [1.807, 2.05) is 0 Å². The molecule has 0 heterocycles. The second kappa shape index (κ2) is 6.49. The summed E-state index contributed by atoms with van der Waals surface area (Å²) in [7, 11) is 0. The highest BCUT2D eigenvalue weighted by Gasteiger charge is 2.08. The number of carbonyl (C=O) groups is 1. The minimum Gasteiger partial charge on any atom is -0.486 e. The first-order valence-electron chi connectivity index (χ1n) is 5.78. The Morgan fingerprint density at radius 3 is 2.70 bits per heavy atom. The van der Waals surface area contributed by atoms with Crippen LogP contribution in [0.3, 0.4) is 0 Å². The molecule has 0 radical (unpaired) electrons. The molecule has 0 aliphatic rings. The molecule has 2 aromatic carbocycles. The second-order valence-corrected chi connectivity index (χ2v) is 4.85. The SMILES string of the molecule is NNC(=O)c1ccc(COc2ccccc2F)c(Br)c1. The van der Waals surface area contributed by atoms with Crippen LogP contribution in [0.5, 0.6) is 5.75 Å². The molecule has 0 unspecified atom stereocenters. The van der Waals surface area contributed by atoms with E-state index in [4.69, 9.17) is 10.6 Å². The van der Waals surface area contributed by atoms with Gasteiger partial charge in [0.25, 0.3) is 5.91 Å². The van der Waals surface area contributed by atoms with Crippen molar-refractivity contribution < 1.29 is 13.9 Å². The van der Waals surface area contributed by atoms with Gasteiger partial charge in [0.1, 0.15) is 6.61 Å². The summed E-state index contributed by atoms with van der Waals surface area (Å²) in [4.78, 5) is 11.4. The van der Waals surface area contributed by atoms with Crippen LogP contribution < -0.4 is 16.0 Å². The van der Waals surface area contributed by atoms with Gasteiger partial charge in [0.05, 0.1) is 0 Å². The van der Waals surface area contributed by atoms with Gasteiger partial charge in [-0.3, -0.25) is 10.2 Å². The minimum absolute atomic E-state index is 0.183. The van der Waals surface area contributed by atoms with Crippen molar-refractivity contribution in [3.63, 3.8) is 0 Å². The van der Waals surface area contributed by atoms with Crippen molar-refractivity contribution in [2.24, 2.45) is 5.84 Å². The molecular formula is C14H12BrFN2O2. The summed E-state index contributed by atoms with van der Waals surface area (Å²) in [6, 6.07) is 11.1. The zero-order valence-electron chi connectivity index (χ0n) is 10.4. The number of hydrazine groups is 1. The van der Waals surface area contributed by atoms with E-state index in [2.05, 4.69) is 21.4 Å². The van der Waals surface area contributed by atoms with Gasteiger partial charge in [0, 0.05) is 15.6 Å². The predicted octanol–water partition coefficient (Wildman–Crippen LogP) is 2.77. The number of amides is 1. The van der Waals surface area contributed by atoms with Gasteiger partial charge in [-0.1, -0.05) is 34.1 Å². The number of rotatable bonds is 4. The third kappa shape index (κ3) is 3.34. The van der Waals surface area contributed by atoms with Crippen LogP contribution in [0.1, 0.15) is 15.9 Å². The van der Waals surface area contributed by atoms with E-state index >= 15 is 0 Å². The number of para-hydroxylation sites is 1. The van der Waals surface area contributed by atoms with Crippen molar-refractivity contribution in [1.29, 1.82) is 0 Å². The maximum atomic E-state index is 13.4. The number of nitrogens with one attached hydrogen (secondary N) is 1. The van der Waals surface area contributed by atoms with E-state index in [1.165, 1.54) is 6.07 Å². The molecular weight excluding hydrogens is 327 g/mol. The number of hydrogen-bond acceptors (Lipinski definition) is 3. The summed E-state index contributed by atoms with van der Waals surface area (Å²) in [5.41, 5.74) is 3.27. The van der Waals surface area contributed by atoms with Crippen LogP contribution in [-0.2, 0) is 6.61 Å². The molecule has 0 aromatic heterocycles. The normalized spacial score (nSPS) is 10.2. The summed E-state index contributed by atoms with van der Waals surface area (Å²) in [5.74, 6) is 4.45. The van der Waals surface area contributed by atoms with Crippen LogP contribution in [0.2, 0.25) is 0 Å². The molecule has 0 fully saturated rings. The number of ether oxygens (including phenoxy) is 1. The highest BCUT2D eigenvalue weighted by molar-refractivity contribution is 9.10. The molecule has 0 saturated heterocycles. The number of nitrogen functional groups attached to an aromatic ring is 1. The van der Waals surface area contributed by atoms with Crippen molar-refractivity contribution in [2.75, 3.05) is 0 Å². The van der Waals surface area contributed by atoms with Gasteiger partial charge >= 0.3 is 0 Å². The Balaban J connectivity index is 2.11. The first kappa shape index (κ1) is 14.5. The number of benzene rings is 2. The van der Waals surface area contributed by atoms with Gasteiger partial charge in [-0.25, -0.2) is 10.2 Å². The minimum atomic E-state index is -0.414. The zero-order chi connectivity index (χ0) is 14.5. The van der Waals surface area contributed by atoms with Gasteiger partial charge in [0.2, 0.25) is 0 Å². The zero-order valence-corrected chi connectivity index (χ0v) is 12.0. The van der Waals surface area contributed by atoms with Crippen molar-refractivity contribution in [3.8, 4) is 5.75 Å². The lowest BCUT2D eigenvalue weighted by Gasteiger charge is -2.09. The largest absolute Gasteiger partial charge is 0.486 e. The van der Waals surface area contributed by atoms with Crippen LogP contribution in [-0.4, -0.2) is 5.91 Å². The molecule has 2 aromatic rings. The molecule has 4 nitrogen and oxygen atoms in total. The van der Waals surface area contributed by atoms with E-state index in [9.17, 15) is 9.18 Å². The average Bonchev–Trinajstić information content (AvgIpc) is 2.46. The fourth-order valence-electron chi connectivity index (χ4n) is 1.61. The van der Waals surface area contributed by atoms with Crippen LogP contribution >= 0.6 is 15.9 Å². The number of nitrogens with two attached hydrogens (primary N) is 1. The summed E-state index contributed by atoms with van der Waals surface area (Å²) in [6.07, 6.45) is 0. The maximum absolute atomic E-state index is 13.4. The van der Waals surface area contributed by atoms with E-state index in [0.29, 0.717) is 10.0 Å². The van der Waals surface area contributed by atoms with Crippen molar-refractivity contribution >= 4 is 21.8 Å². The lowest BCUT2D eigenvalue weighted by molar-refractivity contribution is 0.0953. The Labute approximate surface area is 123 Å². The average molecular weight is 339 g/mol. The quantitative estimate of drug-likeness (QED) is 0.511. The first-order chi connectivity index (χ1) is 9.61. The molecule has 1 amide bonds. The molecule has 0 spiro atoms. The van der Waals surface area contributed by atoms with Crippen molar-refractivity contribution in [2.45, 2.75) is 6.61 Å². The van der Waals surface area contributed by atoms with Crippen LogP contribution in [0.15, 0.2) is 46.9 Å². The summed E-state index contributed by atoms with van der Waals surface area (Å²) < 4.78 is 19.5. The Kier molecular flexibility index (Phi) is 4.70. The molecule has 0 atom stereocenters. The van der Waals surface area contributed by atoms with Gasteiger partial charge < -0.3 is 4.74 Å². The standard InChI is InChI=1S/C14H12BrFN2O2/c15-11-7-9(14(19)18-17)5-6-10(11)8-20-13-4-2-1-3-12(13)16/h1-7H,8,17H2,(H,18,19). The van der Waals surface area contributed by atoms with Gasteiger partial charge in [-0.05, 0) is 24.3 Å². The first-order valence-corrected chi connectivity index (χ1v) is 6.58. The highest BCUT2D eigenvalue weighted by Crippen LogP contribution is 2.22. The topological polar surface area (TPSA) is 64.3 Å². The molecule has 0 bridgehead atoms. The van der Waals surface area contributed by atoms with Gasteiger partial charge in [0.15, 0.2) is 11.6 Å². The van der Waals surface area contributed by atoms with Gasteiger partial charge in [-0.15, -0.1) is 0 Å². The molecule has 0 aliphatic heterocycles. The Morgan fingerprint density at radius 2 is 2.05 bits per heavy atom. The summed E-state index contributed by atoms with van der Waals surface area (Å²) in [6.45, 7) is 0.187. The molecule has 0 saturated carbocycles. The second-order valence-electron chi connectivity index (χ2n) is 4.00. The summed E-state index contributed by atoms with van der Waals surface area (Å²) in [5, 5.41) is 0. The van der Waals surface area contributed by atoms with Crippen LogP contribution in [0.4, 0.5) is 4.39 Å². The molecule has 2 rings (SSSR count). The fraction of sp³-hybridized carbons (Fsp3) is 0.0714.